The van der Waals surface area contributed by atoms with E-state index in [1.54, 1.807) is 19.4 Å². The van der Waals surface area contributed by atoms with Crippen molar-refractivity contribution in [3.63, 3.8) is 0 Å². The van der Waals surface area contributed by atoms with Crippen molar-refractivity contribution in [1.29, 1.82) is 0 Å². The number of aromatic nitrogens is 3. The smallest absolute Gasteiger partial charge is 0.341 e. The number of hydrogen-bond acceptors (Lipinski definition) is 4. The summed E-state index contributed by atoms with van der Waals surface area (Å²) in [4.78, 5) is 15.3. The highest BCUT2D eigenvalue weighted by Gasteiger charge is 2.16. The fraction of sp³-hybridized carbons (Fsp3) is 0.133. The number of ether oxygens (including phenoxy) is 1. The number of nitrogens with zero attached hydrogens (tertiary/aromatic N) is 3. The van der Waals surface area contributed by atoms with Crippen molar-refractivity contribution in [3.8, 4) is 17.0 Å². The molecule has 6 heteroatoms. The first kappa shape index (κ1) is 13.1. The van der Waals surface area contributed by atoms with Crippen molar-refractivity contribution >= 4 is 11.6 Å². The molecule has 0 aliphatic carbocycles. The molecule has 1 aromatic carbocycles. The monoisotopic (exact) mass is 283 g/mol. The Morgan fingerprint density at radius 2 is 2.14 bits per heavy atom. The zero-order chi connectivity index (χ0) is 15.0. The van der Waals surface area contributed by atoms with Crippen LogP contribution in [-0.4, -0.2) is 32.8 Å². The van der Waals surface area contributed by atoms with Crippen molar-refractivity contribution in [1.82, 2.24) is 14.6 Å². The van der Waals surface area contributed by atoms with E-state index in [0.29, 0.717) is 11.4 Å². The van der Waals surface area contributed by atoms with E-state index in [1.165, 1.54) is 10.7 Å². The molecule has 0 amide bonds. The van der Waals surface area contributed by atoms with Crippen LogP contribution in [0.1, 0.15) is 15.9 Å². The number of hydrogen-bond donors (Lipinski definition) is 1. The first-order valence-electron chi connectivity index (χ1n) is 6.33. The number of rotatable bonds is 3. The normalized spacial score (nSPS) is 10.8. The Morgan fingerprint density at radius 3 is 2.86 bits per heavy atom. The summed E-state index contributed by atoms with van der Waals surface area (Å²) in [5.41, 5.74) is 3.02. The van der Waals surface area contributed by atoms with Gasteiger partial charge in [-0.1, -0.05) is 11.6 Å². The summed E-state index contributed by atoms with van der Waals surface area (Å²) in [6, 6.07) is 7.57. The number of carboxylic acids is 1. The molecule has 0 fully saturated rings. The molecule has 2 heterocycles. The SMILES string of the molecule is COc1ccc(C)cc1-c1ccnc2c(C(=O)O)cnn12. The molecule has 0 radical (unpaired) electrons. The summed E-state index contributed by atoms with van der Waals surface area (Å²) in [5, 5.41) is 13.3. The van der Waals surface area contributed by atoms with Gasteiger partial charge in [-0.25, -0.2) is 14.3 Å². The molecular formula is C15H13N3O3. The first-order chi connectivity index (χ1) is 10.1. The van der Waals surface area contributed by atoms with Gasteiger partial charge in [0.25, 0.3) is 0 Å². The van der Waals surface area contributed by atoms with E-state index in [4.69, 9.17) is 9.84 Å². The number of aromatic carboxylic acids is 1. The zero-order valence-electron chi connectivity index (χ0n) is 11.6. The average Bonchev–Trinajstić information content (AvgIpc) is 2.91. The van der Waals surface area contributed by atoms with Gasteiger partial charge in [0.05, 0.1) is 19.0 Å². The molecule has 0 bridgehead atoms. The van der Waals surface area contributed by atoms with Crippen molar-refractivity contribution in [2.75, 3.05) is 7.11 Å². The molecule has 1 N–H and O–H groups in total. The predicted octanol–water partition coefficient (Wildman–Crippen LogP) is 2.41. The van der Waals surface area contributed by atoms with Crippen molar-refractivity contribution < 1.29 is 14.6 Å². The lowest BCUT2D eigenvalue weighted by molar-refractivity contribution is 0.0699. The summed E-state index contributed by atoms with van der Waals surface area (Å²) >= 11 is 0. The second-order valence-corrected chi connectivity index (χ2v) is 4.63. The largest absolute Gasteiger partial charge is 0.496 e. The van der Waals surface area contributed by atoms with Gasteiger partial charge in [-0.2, -0.15) is 5.10 Å². The predicted molar refractivity (Wildman–Crippen MR) is 76.7 cm³/mol. The summed E-state index contributed by atoms with van der Waals surface area (Å²) in [6.45, 7) is 1.98. The number of fused-ring (bicyclic) bond motifs is 1. The highest BCUT2D eigenvalue weighted by molar-refractivity contribution is 5.94. The molecule has 21 heavy (non-hydrogen) atoms. The topological polar surface area (TPSA) is 76.7 Å². The molecule has 3 rings (SSSR count). The van der Waals surface area contributed by atoms with Crippen LogP contribution >= 0.6 is 0 Å². The van der Waals surface area contributed by atoms with Gasteiger partial charge >= 0.3 is 5.97 Å². The van der Waals surface area contributed by atoms with E-state index in [-0.39, 0.29) is 5.56 Å². The Balaban J connectivity index is 2.31. The molecule has 6 nitrogen and oxygen atoms in total. The lowest BCUT2D eigenvalue weighted by Gasteiger charge is -2.10. The summed E-state index contributed by atoms with van der Waals surface area (Å²) in [5.74, 6) is -0.355. The lowest BCUT2D eigenvalue weighted by atomic mass is 10.1. The van der Waals surface area contributed by atoms with Gasteiger partial charge in [0.15, 0.2) is 5.65 Å². The molecule has 106 valence electrons. The minimum Gasteiger partial charge on any atom is -0.496 e. The Morgan fingerprint density at radius 1 is 1.33 bits per heavy atom. The second-order valence-electron chi connectivity index (χ2n) is 4.63. The Hall–Kier alpha value is -2.89. The Labute approximate surface area is 120 Å². The third-order valence-corrected chi connectivity index (χ3v) is 3.26. The molecule has 0 saturated carbocycles. The van der Waals surface area contributed by atoms with Gasteiger partial charge in [0, 0.05) is 11.8 Å². The maximum atomic E-state index is 11.2. The highest BCUT2D eigenvalue weighted by atomic mass is 16.5. The van der Waals surface area contributed by atoms with Crippen LogP contribution in [0, 0.1) is 6.92 Å². The van der Waals surface area contributed by atoms with Crippen molar-refractivity contribution in [3.05, 3.63) is 47.8 Å². The van der Waals surface area contributed by atoms with Crippen LogP contribution in [0.2, 0.25) is 0 Å². The fourth-order valence-corrected chi connectivity index (χ4v) is 2.27. The van der Waals surface area contributed by atoms with E-state index in [2.05, 4.69) is 10.1 Å². The third kappa shape index (κ3) is 2.10. The van der Waals surface area contributed by atoms with Gasteiger partial charge in [-0.05, 0) is 25.1 Å². The minimum absolute atomic E-state index is 0.0727. The molecule has 0 saturated heterocycles. The summed E-state index contributed by atoms with van der Waals surface area (Å²) < 4.78 is 6.89. The molecule has 0 unspecified atom stereocenters. The highest BCUT2D eigenvalue weighted by Crippen LogP contribution is 2.31. The van der Waals surface area contributed by atoms with Gasteiger partial charge in [0.2, 0.25) is 0 Å². The minimum atomic E-state index is -1.05. The van der Waals surface area contributed by atoms with Gasteiger partial charge in [-0.3, -0.25) is 0 Å². The van der Waals surface area contributed by atoms with Gasteiger partial charge in [-0.15, -0.1) is 0 Å². The van der Waals surface area contributed by atoms with Crippen LogP contribution in [-0.2, 0) is 0 Å². The van der Waals surface area contributed by atoms with E-state index in [9.17, 15) is 4.79 Å². The zero-order valence-corrected chi connectivity index (χ0v) is 11.6. The molecule has 0 aliphatic heterocycles. The van der Waals surface area contributed by atoms with E-state index in [0.717, 1.165) is 16.8 Å². The molecule has 0 atom stereocenters. The number of benzene rings is 1. The van der Waals surface area contributed by atoms with Crippen LogP contribution in [0.15, 0.2) is 36.7 Å². The van der Waals surface area contributed by atoms with E-state index >= 15 is 0 Å². The standard InChI is InChI=1S/C15H13N3O3/c1-9-3-4-13(21-2)10(7-9)12-5-6-16-14-11(15(19)20)8-17-18(12)14/h3-8H,1-2H3,(H,19,20). The molecule has 0 spiro atoms. The van der Waals surface area contributed by atoms with Crippen molar-refractivity contribution in [2.45, 2.75) is 6.92 Å². The van der Waals surface area contributed by atoms with Crippen LogP contribution in [0.4, 0.5) is 0 Å². The molecule has 0 aliphatic rings. The van der Waals surface area contributed by atoms with Gasteiger partial charge in [0.1, 0.15) is 11.3 Å². The lowest BCUT2D eigenvalue weighted by Crippen LogP contribution is -2.00. The van der Waals surface area contributed by atoms with Crippen LogP contribution in [0.5, 0.6) is 5.75 Å². The number of methoxy groups -OCH3 is 1. The van der Waals surface area contributed by atoms with Crippen LogP contribution in [0.25, 0.3) is 16.9 Å². The van der Waals surface area contributed by atoms with Crippen molar-refractivity contribution in [2.24, 2.45) is 0 Å². The Bertz CT molecular complexity index is 839. The third-order valence-electron chi connectivity index (χ3n) is 3.26. The number of carboxylic acid groups (broad SMARTS) is 1. The molecule has 3 aromatic rings. The summed E-state index contributed by atoms with van der Waals surface area (Å²) in [7, 11) is 1.60. The second kappa shape index (κ2) is 4.90. The Kier molecular flexibility index (Phi) is 3.06. The fourth-order valence-electron chi connectivity index (χ4n) is 2.27. The average molecular weight is 283 g/mol. The molecule has 2 aromatic heterocycles. The van der Waals surface area contributed by atoms with Gasteiger partial charge < -0.3 is 9.84 Å². The maximum Gasteiger partial charge on any atom is 0.341 e. The first-order valence-corrected chi connectivity index (χ1v) is 6.33. The van der Waals surface area contributed by atoms with E-state index in [1.807, 2.05) is 25.1 Å². The number of carbonyl (C=O) groups is 1. The quantitative estimate of drug-likeness (QED) is 0.798. The van der Waals surface area contributed by atoms with E-state index < -0.39 is 5.97 Å². The van der Waals surface area contributed by atoms with Crippen LogP contribution < -0.4 is 4.74 Å². The summed E-state index contributed by atoms with van der Waals surface area (Å²) in [6.07, 6.45) is 2.87. The van der Waals surface area contributed by atoms with Crippen LogP contribution in [0.3, 0.4) is 0 Å². The number of aryl methyl sites for hydroxylation is 1. The molecular weight excluding hydrogens is 270 g/mol. The maximum absolute atomic E-state index is 11.2.